The molecular formula is C9H10FO2P. The Morgan fingerprint density at radius 3 is 2.77 bits per heavy atom. The van der Waals surface area contributed by atoms with Crippen LogP contribution in [0.25, 0.3) is 6.08 Å². The van der Waals surface area contributed by atoms with Crippen LogP contribution in [0.2, 0.25) is 0 Å². The zero-order chi connectivity index (χ0) is 9.68. The molecule has 0 N–H and O–H groups in total. The van der Waals surface area contributed by atoms with Gasteiger partial charge in [-0.15, -0.1) is 0 Å². The van der Waals surface area contributed by atoms with Crippen molar-refractivity contribution in [1.82, 2.24) is 0 Å². The van der Waals surface area contributed by atoms with Gasteiger partial charge in [0, 0.05) is 12.7 Å². The fraction of sp³-hybridized carbons (Fsp3) is 0.111. The van der Waals surface area contributed by atoms with E-state index in [0.29, 0.717) is 5.56 Å². The van der Waals surface area contributed by atoms with Crippen LogP contribution in [0.1, 0.15) is 5.56 Å². The zero-order valence-corrected chi connectivity index (χ0v) is 8.16. The van der Waals surface area contributed by atoms with Crippen molar-refractivity contribution in [2.75, 3.05) is 7.11 Å². The van der Waals surface area contributed by atoms with E-state index in [0.717, 1.165) is 0 Å². The highest BCUT2D eigenvalue weighted by molar-refractivity contribution is 7.43. The molecule has 0 aliphatic rings. The summed E-state index contributed by atoms with van der Waals surface area (Å²) in [5.41, 5.74) is 0.415. The first-order valence-electron chi connectivity index (χ1n) is 3.74. The largest absolute Gasteiger partial charge is 0.331 e. The lowest BCUT2D eigenvalue weighted by molar-refractivity contribution is 0.422. The lowest BCUT2D eigenvalue weighted by Gasteiger charge is -1.94. The molecule has 1 rings (SSSR count). The predicted molar refractivity (Wildman–Crippen MR) is 51.4 cm³/mol. The van der Waals surface area contributed by atoms with Crippen molar-refractivity contribution < 1.29 is 13.5 Å². The molecule has 0 bridgehead atoms. The second kappa shape index (κ2) is 4.95. The molecule has 0 radical (unpaired) electrons. The molecule has 0 aliphatic carbocycles. The molecule has 1 unspecified atom stereocenters. The van der Waals surface area contributed by atoms with Gasteiger partial charge in [-0.25, -0.2) is 4.39 Å². The molecule has 0 spiro atoms. The van der Waals surface area contributed by atoms with E-state index < -0.39 is 8.03 Å². The van der Waals surface area contributed by atoms with Crippen molar-refractivity contribution in [3.8, 4) is 0 Å². The van der Waals surface area contributed by atoms with Crippen LogP contribution in [0.4, 0.5) is 4.39 Å². The molecule has 0 fully saturated rings. The average Bonchev–Trinajstić information content (AvgIpc) is 2.16. The number of halogens is 1. The van der Waals surface area contributed by atoms with Gasteiger partial charge < -0.3 is 4.52 Å². The van der Waals surface area contributed by atoms with Crippen LogP contribution >= 0.6 is 8.03 Å². The summed E-state index contributed by atoms with van der Waals surface area (Å²) in [4.78, 5) is 0. The van der Waals surface area contributed by atoms with Gasteiger partial charge in [0.25, 0.3) is 0 Å². The predicted octanol–water partition coefficient (Wildman–Crippen LogP) is 2.92. The van der Waals surface area contributed by atoms with E-state index in [1.807, 2.05) is 0 Å². The molecule has 0 aromatic heterocycles. The fourth-order valence-electron chi connectivity index (χ4n) is 0.836. The van der Waals surface area contributed by atoms with Crippen molar-refractivity contribution in [2.24, 2.45) is 0 Å². The molecule has 1 atom stereocenters. The summed E-state index contributed by atoms with van der Waals surface area (Å²) in [7, 11) is -0.786. The maximum atomic E-state index is 13.0. The molecule has 13 heavy (non-hydrogen) atoms. The normalized spacial score (nSPS) is 13.4. The second-order valence-electron chi connectivity index (χ2n) is 2.38. The van der Waals surface area contributed by atoms with Crippen molar-refractivity contribution >= 4 is 14.1 Å². The molecule has 2 nitrogen and oxygen atoms in total. The van der Waals surface area contributed by atoms with Gasteiger partial charge in [0.1, 0.15) is 5.82 Å². The van der Waals surface area contributed by atoms with Crippen molar-refractivity contribution in [3.05, 3.63) is 41.5 Å². The Morgan fingerprint density at radius 1 is 1.46 bits per heavy atom. The van der Waals surface area contributed by atoms with Gasteiger partial charge >= 0.3 is 0 Å². The van der Waals surface area contributed by atoms with E-state index >= 15 is 0 Å². The molecule has 4 heteroatoms. The first-order chi connectivity index (χ1) is 6.24. The smallest absolute Gasteiger partial charge is 0.213 e. The Labute approximate surface area is 76.9 Å². The summed E-state index contributed by atoms with van der Waals surface area (Å²) in [5.74, 6) is 1.04. The monoisotopic (exact) mass is 200 g/mol. The van der Waals surface area contributed by atoms with Crippen LogP contribution in [-0.2, 0) is 9.09 Å². The number of hydrogen-bond donors (Lipinski definition) is 0. The highest BCUT2D eigenvalue weighted by Crippen LogP contribution is 2.23. The molecular weight excluding hydrogens is 190 g/mol. The van der Waals surface area contributed by atoms with Crippen LogP contribution in [0.3, 0.4) is 0 Å². The van der Waals surface area contributed by atoms with Gasteiger partial charge in [-0.1, -0.05) is 18.2 Å². The minimum atomic E-state index is -2.14. The topological polar surface area (TPSA) is 26.3 Å². The minimum Gasteiger partial charge on any atom is -0.331 e. The first-order valence-corrected chi connectivity index (χ1v) is 5.14. The average molecular weight is 200 g/mol. The summed E-state index contributed by atoms with van der Waals surface area (Å²) in [5, 5.41) is 0. The van der Waals surface area contributed by atoms with E-state index in [9.17, 15) is 8.96 Å². The van der Waals surface area contributed by atoms with Crippen molar-refractivity contribution in [1.29, 1.82) is 0 Å². The molecule has 0 saturated heterocycles. The number of rotatable bonds is 3. The summed E-state index contributed by atoms with van der Waals surface area (Å²) in [6, 6.07) is 6.28. The molecule has 0 amide bonds. The van der Waals surface area contributed by atoms with Crippen LogP contribution < -0.4 is 0 Å². The Kier molecular flexibility index (Phi) is 3.87. The van der Waals surface area contributed by atoms with Crippen molar-refractivity contribution in [3.63, 3.8) is 0 Å². The van der Waals surface area contributed by atoms with E-state index in [1.54, 1.807) is 18.2 Å². The molecule has 1 aromatic rings. The minimum absolute atomic E-state index is 0.329. The lowest BCUT2D eigenvalue weighted by Crippen LogP contribution is -1.78. The van der Waals surface area contributed by atoms with E-state index in [4.69, 9.17) is 0 Å². The second-order valence-corrected chi connectivity index (χ2v) is 3.76. The van der Waals surface area contributed by atoms with Gasteiger partial charge in [0.05, 0.1) is 0 Å². The van der Waals surface area contributed by atoms with Gasteiger partial charge in [0.2, 0.25) is 8.03 Å². The molecule has 70 valence electrons. The van der Waals surface area contributed by atoms with E-state index in [-0.39, 0.29) is 5.82 Å². The summed E-state index contributed by atoms with van der Waals surface area (Å²) in [6.45, 7) is 0. The van der Waals surface area contributed by atoms with Gasteiger partial charge in [0.15, 0.2) is 0 Å². The van der Waals surface area contributed by atoms with Crippen LogP contribution in [0, 0.1) is 5.82 Å². The maximum absolute atomic E-state index is 13.0. The molecule has 1 aromatic carbocycles. The Hall–Kier alpha value is -0.920. The van der Waals surface area contributed by atoms with Crippen LogP contribution in [-0.4, -0.2) is 7.11 Å². The molecule has 0 saturated carbocycles. The third kappa shape index (κ3) is 3.13. The van der Waals surface area contributed by atoms with Crippen LogP contribution in [0.15, 0.2) is 30.1 Å². The summed E-state index contributed by atoms with van der Waals surface area (Å²) >= 11 is 0. The fourth-order valence-corrected chi connectivity index (χ4v) is 1.29. The van der Waals surface area contributed by atoms with Gasteiger partial charge in [-0.2, -0.15) is 0 Å². The quantitative estimate of drug-likeness (QED) is 0.701. The molecule has 0 aliphatic heterocycles. The Balaban J connectivity index is 2.80. The highest BCUT2D eigenvalue weighted by atomic mass is 31.1. The third-order valence-electron chi connectivity index (χ3n) is 1.51. The standard InChI is InChI=1S/C9H10FO2P/c1-12-13(11)7-6-8-4-2-3-5-9(8)10/h2-7,13H,1H3. The first kappa shape index (κ1) is 10.2. The highest BCUT2D eigenvalue weighted by Gasteiger charge is 1.95. The Morgan fingerprint density at radius 2 is 2.15 bits per heavy atom. The maximum Gasteiger partial charge on any atom is 0.213 e. The lowest BCUT2D eigenvalue weighted by atomic mass is 10.2. The van der Waals surface area contributed by atoms with E-state index in [2.05, 4.69) is 4.52 Å². The SMILES string of the molecule is CO[PH](=O)C=Cc1ccccc1F. The van der Waals surface area contributed by atoms with Gasteiger partial charge in [-0.3, -0.25) is 4.57 Å². The molecule has 0 heterocycles. The third-order valence-corrected chi connectivity index (χ3v) is 2.35. The van der Waals surface area contributed by atoms with E-state index in [1.165, 1.54) is 25.1 Å². The number of hydrogen-bond acceptors (Lipinski definition) is 2. The zero-order valence-electron chi connectivity index (χ0n) is 7.16. The van der Waals surface area contributed by atoms with Crippen molar-refractivity contribution in [2.45, 2.75) is 0 Å². The summed E-state index contributed by atoms with van der Waals surface area (Å²) < 4.78 is 28.4. The van der Waals surface area contributed by atoms with Crippen LogP contribution in [0.5, 0.6) is 0 Å². The van der Waals surface area contributed by atoms with Gasteiger partial charge in [-0.05, 0) is 18.0 Å². The Bertz CT molecular complexity index is 336. The number of benzene rings is 1. The summed E-state index contributed by atoms with van der Waals surface area (Å²) in [6.07, 6.45) is 1.46.